The summed E-state index contributed by atoms with van der Waals surface area (Å²) in [6.07, 6.45) is 1.83. The van der Waals surface area contributed by atoms with Crippen LogP contribution in [0.4, 0.5) is 4.79 Å². The van der Waals surface area contributed by atoms with Crippen molar-refractivity contribution in [1.29, 1.82) is 0 Å². The number of amides is 2. The van der Waals surface area contributed by atoms with Gasteiger partial charge in [0.05, 0.1) is 6.54 Å². The lowest BCUT2D eigenvalue weighted by Gasteiger charge is -2.34. The van der Waals surface area contributed by atoms with E-state index in [0.717, 1.165) is 5.57 Å². The predicted molar refractivity (Wildman–Crippen MR) is 64.2 cm³/mol. The third-order valence-corrected chi connectivity index (χ3v) is 2.75. The molecule has 2 aliphatic rings. The van der Waals surface area contributed by atoms with E-state index >= 15 is 0 Å². The molecular formula is C12H17N3O3. The van der Waals surface area contributed by atoms with Crippen LogP contribution < -0.4 is 0 Å². The maximum absolute atomic E-state index is 11.9. The number of rotatable bonds is 0. The molecular weight excluding hydrogens is 234 g/mol. The SMILES string of the molecule is CC(C)(C)OC(=O)N1CCC2=CC(=O)N=NC2C1. The second kappa shape index (κ2) is 4.51. The van der Waals surface area contributed by atoms with Gasteiger partial charge in [0, 0.05) is 12.6 Å². The zero-order valence-electron chi connectivity index (χ0n) is 10.8. The van der Waals surface area contributed by atoms with Crippen LogP contribution in [-0.4, -0.2) is 41.6 Å². The molecule has 6 nitrogen and oxygen atoms in total. The fourth-order valence-corrected chi connectivity index (χ4v) is 1.93. The normalized spacial score (nSPS) is 23.5. The standard InChI is InChI=1S/C12H17N3O3/c1-12(2,3)18-11(17)15-5-4-8-6-10(16)14-13-9(8)7-15/h6,9H,4-5,7H2,1-3H3. The maximum Gasteiger partial charge on any atom is 0.410 e. The summed E-state index contributed by atoms with van der Waals surface area (Å²) in [5, 5.41) is 7.43. The lowest BCUT2D eigenvalue weighted by Crippen LogP contribution is -2.45. The summed E-state index contributed by atoms with van der Waals surface area (Å²) in [6, 6.07) is -0.191. The quantitative estimate of drug-likeness (QED) is 0.660. The molecule has 2 rings (SSSR count). The Morgan fingerprint density at radius 2 is 2.22 bits per heavy atom. The van der Waals surface area contributed by atoms with Crippen LogP contribution >= 0.6 is 0 Å². The molecule has 2 amide bonds. The average molecular weight is 251 g/mol. The fraction of sp³-hybridized carbons (Fsp3) is 0.667. The Hall–Kier alpha value is -1.72. The van der Waals surface area contributed by atoms with Gasteiger partial charge in [0.15, 0.2) is 0 Å². The van der Waals surface area contributed by atoms with Crippen molar-refractivity contribution in [2.45, 2.75) is 38.8 Å². The molecule has 2 aliphatic heterocycles. The first kappa shape index (κ1) is 12.7. The molecule has 0 aromatic carbocycles. The molecule has 0 aliphatic carbocycles. The highest BCUT2D eigenvalue weighted by Crippen LogP contribution is 2.24. The van der Waals surface area contributed by atoms with Crippen molar-refractivity contribution in [2.24, 2.45) is 10.2 Å². The topological polar surface area (TPSA) is 71.3 Å². The van der Waals surface area contributed by atoms with Crippen molar-refractivity contribution in [3.05, 3.63) is 11.6 Å². The first-order valence-electron chi connectivity index (χ1n) is 5.98. The Morgan fingerprint density at radius 1 is 1.50 bits per heavy atom. The highest BCUT2D eigenvalue weighted by molar-refractivity contribution is 5.89. The molecule has 1 atom stereocenters. The Morgan fingerprint density at radius 3 is 2.89 bits per heavy atom. The van der Waals surface area contributed by atoms with Gasteiger partial charge in [0.2, 0.25) is 0 Å². The third-order valence-electron chi connectivity index (χ3n) is 2.75. The van der Waals surface area contributed by atoms with Gasteiger partial charge < -0.3 is 9.64 Å². The summed E-state index contributed by atoms with van der Waals surface area (Å²) < 4.78 is 5.31. The zero-order chi connectivity index (χ0) is 13.3. The zero-order valence-corrected chi connectivity index (χ0v) is 10.8. The summed E-state index contributed by atoms with van der Waals surface area (Å²) in [6.45, 7) is 6.48. The Kier molecular flexibility index (Phi) is 3.19. The minimum absolute atomic E-state index is 0.191. The van der Waals surface area contributed by atoms with Crippen LogP contribution in [0.3, 0.4) is 0 Å². The first-order chi connectivity index (χ1) is 8.35. The fourth-order valence-electron chi connectivity index (χ4n) is 1.93. The van der Waals surface area contributed by atoms with E-state index in [1.807, 2.05) is 20.8 Å². The van der Waals surface area contributed by atoms with Gasteiger partial charge in [-0.05, 0) is 32.8 Å². The molecule has 0 aromatic rings. The molecule has 0 radical (unpaired) electrons. The number of piperidine rings is 1. The van der Waals surface area contributed by atoms with E-state index in [0.29, 0.717) is 19.5 Å². The number of fused-ring (bicyclic) bond motifs is 1. The molecule has 2 heterocycles. The lowest BCUT2D eigenvalue weighted by molar-refractivity contribution is -0.114. The Balaban J connectivity index is 2.00. The third kappa shape index (κ3) is 2.94. The van der Waals surface area contributed by atoms with E-state index in [9.17, 15) is 9.59 Å². The van der Waals surface area contributed by atoms with E-state index in [-0.39, 0.29) is 18.0 Å². The number of hydrogen-bond acceptors (Lipinski definition) is 4. The number of carbonyl (C=O) groups is 2. The summed E-state index contributed by atoms with van der Waals surface area (Å²) in [5.74, 6) is -0.313. The molecule has 1 fully saturated rings. The number of nitrogens with zero attached hydrogens (tertiary/aromatic N) is 3. The minimum Gasteiger partial charge on any atom is -0.444 e. The van der Waals surface area contributed by atoms with Crippen molar-refractivity contribution in [2.75, 3.05) is 13.1 Å². The number of ether oxygens (including phenoxy) is 1. The second-order valence-electron chi connectivity index (χ2n) is 5.47. The summed E-state index contributed by atoms with van der Waals surface area (Å²) in [7, 11) is 0. The summed E-state index contributed by atoms with van der Waals surface area (Å²) >= 11 is 0. The molecule has 6 heteroatoms. The van der Waals surface area contributed by atoms with E-state index in [4.69, 9.17) is 4.74 Å². The first-order valence-corrected chi connectivity index (χ1v) is 5.98. The van der Waals surface area contributed by atoms with Crippen LogP contribution in [0.25, 0.3) is 0 Å². The van der Waals surface area contributed by atoms with Gasteiger partial charge in [-0.15, -0.1) is 5.11 Å². The van der Waals surface area contributed by atoms with Gasteiger partial charge in [0.1, 0.15) is 11.6 Å². The van der Waals surface area contributed by atoms with Gasteiger partial charge in [-0.25, -0.2) is 4.79 Å². The lowest BCUT2D eigenvalue weighted by atomic mass is 9.98. The van der Waals surface area contributed by atoms with Crippen LogP contribution in [-0.2, 0) is 9.53 Å². The molecule has 1 unspecified atom stereocenters. The summed E-state index contributed by atoms with van der Waals surface area (Å²) in [5.41, 5.74) is 0.451. The van der Waals surface area contributed by atoms with E-state index < -0.39 is 5.60 Å². The highest BCUT2D eigenvalue weighted by atomic mass is 16.6. The molecule has 0 saturated carbocycles. The monoisotopic (exact) mass is 251 g/mol. The molecule has 1 saturated heterocycles. The van der Waals surface area contributed by atoms with Gasteiger partial charge in [-0.1, -0.05) is 0 Å². The highest BCUT2D eigenvalue weighted by Gasteiger charge is 2.31. The molecule has 98 valence electrons. The van der Waals surface area contributed by atoms with Crippen molar-refractivity contribution < 1.29 is 14.3 Å². The largest absolute Gasteiger partial charge is 0.444 e. The van der Waals surface area contributed by atoms with Crippen LogP contribution in [0.1, 0.15) is 27.2 Å². The molecule has 0 N–H and O–H groups in total. The smallest absolute Gasteiger partial charge is 0.410 e. The minimum atomic E-state index is -0.503. The van der Waals surface area contributed by atoms with Crippen LogP contribution in [0.5, 0.6) is 0 Å². The molecule has 0 bridgehead atoms. The van der Waals surface area contributed by atoms with Gasteiger partial charge in [-0.3, -0.25) is 4.79 Å². The number of carbonyl (C=O) groups excluding carboxylic acids is 2. The van der Waals surface area contributed by atoms with Gasteiger partial charge in [0.25, 0.3) is 5.91 Å². The number of likely N-dealkylation sites (tertiary alicyclic amines) is 1. The predicted octanol–water partition coefficient (Wildman–Crippen LogP) is 1.91. The molecule has 0 spiro atoms. The molecule has 0 aromatic heterocycles. The van der Waals surface area contributed by atoms with Crippen LogP contribution in [0, 0.1) is 0 Å². The summed E-state index contributed by atoms with van der Waals surface area (Å²) in [4.78, 5) is 24.6. The number of azo groups is 1. The van der Waals surface area contributed by atoms with Crippen molar-refractivity contribution in [1.82, 2.24) is 4.90 Å². The Bertz CT molecular complexity index is 434. The number of hydrogen-bond donors (Lipinski definition) is 0. The average Bonchev–Trinajstić information content (AvgIpc) is 2.26. The van der Waals surface area contributed by atoms with E-state index in [1.54, 1.807) is 4.90 Å². The van der Waals surface area contributed by atoms with Gasteiger partial charge in [-0.2, -0.15) is 5.11 Å². The van der Waals surface area contributed by atoms with Crippen molar-refractivity contribution >= 4 is 12.0 Å². The van der Waals surface area contributed by atoms with Crippen molar-refractivity contribution in [3.63, 3.8) is 0 Å². The van der Waals surface area contributed by atoms with Crippen LogP contribution in [0.15, 0.2) is 21.9 Å². The Labute approximate surface area is 106 Å². The van der Waals surface area contributed by atoms with Gasteiger partial charge >= 0.3 is 6.09 Å². The maximum atomic E-state index is 11.9. The second-order valence-corrected chi connectivity index (χ2v) is 5.47. The van der Waals surface area contributed by atoms with E-state index in [1.165, 1.54) is 6.08 Å². The molecule has 18 heavy (non-hydrogen) atoms. The van der Waals surface area contributed by atoms with Crippen molar-refractivity contribution in [3.8, 4) is 0 Å². The van der Waals surface area contributed by atoms with E-state index in [2.05, 4.69) is 10.2 Å². The van der Waals surface area contributed by atoms with Crippen LogP contribution in [0.2, 0.25) is 0 Å².